The number of aldehydes is 1. The molecule has 1 fully saturated rings. The van der Waals surface area contributed by atoms with E-state index in [9.17, 15) is 9.90 Å². The number of carbonyl (C=O) groups excluding carboxylic acids is 1. The minimum absolute atomic E-state index is 0.157. The van der Waals surface area contributed by atoms with Crippen molar-refractivity contribution in [1.82, 2.24) is 0 Å². The summed E-state index contributed by atoms with van der Waals surface area (Å²) in [6.45, 7) is 5.61. The Labute approximate surface area is 73.3 Å². The predicted octanol–water partition coefficient (Wildman–Crippen LogP) is 1.68. The summed E-state index contributed by atoms with van der Waals surface area (Å²) < 4.78 is 0. The highest BCUT2D eigenvalue weighted by molar-refractivity contribution is 5.53. The first-order valence-corrected chi connectivity index (χ1v) is 4.42. The van der Waals surface area contributed by atoms with Crippen LogP contribution in [0.25, 0.3) is 0 Å². The molecule has 0 spiro atoms. The van der Waals surface area contributed by atoms with Crippen molar-refractivity contribution in [2.45, 2.75) is 38.2 Å². The van der Waals surface area contributed by atoms with E-state index in [0.29, 0.717) is 12.8 Å². The number of carbonyl (C=O) groups is 1. The molecule has 0 heterocycles. The maximum Gasteiger partial charge on any atom is 0.123 e. The third kappa shape index (κ3) is 1.75. The highest BCUT2D eigenvalue weighted by atomic mass is 16.3. The molecule has 68 valence electrons. The Kier molecular flexibility index (Phi) is 2.68. The zero-order valence-electron chi connectivity index (χ0n) is 7.55. The van der Waals surface area contributed by atoms with Crippen LogP contribution in [0.15, 0.2) is 12.2 Å². The maximum absolute atomic E-state index is 10.4. The van der Waals surface area contributed by atoms with Gasteiger partial charge in [0.1, 0.15) is 6.29 Å². The van der Waals surface area contributed by atoms with Crippen LogP contribution < -0.4 is 0 Å². The molecule has 0 amide bonds. The molecular weight excluding hydrogens is 152 g/mol. The number of hydrogen-bond donors (Lipinski definition) is 1. The minimum Gasteiger partial charge on any atom is -0.386 e. The Bertz CT molecular complexity index is 188. The zero-order chi connectivity index (χ0) is 9.19. The van der Waals surface area contributed by atoms with Crippen molar-refractivity contribution < 1.29 is 9.90 Å². The Balaban J connectivity index is 2.55. The third-order valence-electron chi connectivity index (χ3n) is 2.84. The molecule has 0 aromatic carbocycles. The molecule has 1 aliphatic rings. The second-order valence-corrected chi connectivity index (χ2v) is 3.79. The van der Waals surface area contributed by atoms with Gasteiger partial charge in [-0.3, -0.25) is 0 Å². The smallest absolute Gasteiger partial charge is 0.123 e. The van der Waals surface area contributed by atoms with Crippen LogP contribution in [0.3, 0.4) is 0 Å². The lowest BCUT2D eigenvalue weighted by molar-refractivity contribution is -0.113. The molecule has 12 heavy (non-hydrogen) atoms. The molecule has 1 saturated carbocycles. The highest BCUT2D eigenvalue weighted by Crippen LogP contribution is 2.35. The third-order valence-corrected chi connectivity index (χ3v) is 2.84. The van der Waals surface area contributed by atoms with Crippen molar-refractivity contribution in [1.29, 1.82) is 0 Å². The van der Waals surface area contributed by atoms with Crippen LogP contribution in [0.4, 0.5) is 0 Å². The Morgan fingerprint density at radius 3 is 2.42 bits per heavy atom. The van der Waals surface area contributed by atoms with Gasteiger partial charge in [-0.25, -0.2) is 0 Å². The van der Waals surface area contributed by atoms with Crippen molar-refractivity contribution in [2.24, 2.45) is 5.92 Å². The second kappa shape index (κ2) is 3.40. The standard InChI is InChI=1S/C10H16O2/c1-8(2)10(12)5-3-9(7-11)4-6-10/h7,9,12H,1,3-6H2,2H3. The van der Waals surface area contributed by atoms with Gasteiger partial charge in [0.25, 0.3) is 0 Å². The quantitative estimate of drug-likeness (QED) is 0.503. The minimum atomic E-state index is -0.695. The normalized spacial score (nSPS) is 36.0. The van der Waals surface area contributed by atoms with E-state index in [-0.39, 0.29) is 5.92 Å². The number of rotatable bonds is 2. The van der Waals surface area contributed by atoms with Crippen molar-refractivity contribution in [3.05, 3.63) is 12.2 Å². The van der Waals surface area contributed by atoms with Crippen LogP contribution in [-0.4, -0.2) is 17.0 Å². The van der Waals surface area contributed by atoms with Gasteiger partial charge in [0.15, 0.2) is 0 Å². The van der Waals surface area contributed by atoms with Crippen molar-refractivity contribution in [2.75, 3.05) is 0 Å². The molecule has 2 nitrogen and oxygen atoms in total. The summed E-state index contributed by atoms with van der Waals surface area (Å²) in [6, 6.07) is 0. The molecule has 0 aromatic heterocycles. The van der Waals surface area contributed by atoms with Gasteiger partial charge in [-0.05, 0) is 38.2 Å². The molecule has 0 aliphatic heterocycles. The van der Waals surface area contributed by atoms with Crippen molar-refractivity contribution in [3.63, 3.8) is 0 Å². The summed E-state index contributed by atoms with van der Waals surface area (Å²) in [5.74, 6) is 0.157. The number of aliphatic hydroxyl groups is 1. The Hall–Kier alpha value is -0.630. The first kappa shape index (κ1) is 9.46. The SMILES string of the molecule is C=C(C)C1(O)CCC(C=O)CC1. The van der Waals surface area contributed by atoms with E-state index < -0.39 is 5.60 Å². The van der Waals surface area contributed by atoms with Crippen LogP contribution in [0.5, 0.6) is 0 Å². The summed E-state index contributed by atoms with van der Waals surface area (Å²) in [7, 11) is 0. The zero-order valence-corrected chi connectivity index (χ0v) is 7.55. The molecule has 0 bridgehead atoms. The summed E-state index contributed by atoms with van der Waals surface area (Å²) in [5, 5.41) is 9.95. The van der Waals surface area contributed by atoms with Gasteiger partial charge in [-0.1, -0.05) is 6.58 Å². The molecule has 0 saturated heterocycles. The largest absolute Gasteiger partial charge is 0.386 e. The number of hydrogen-bond acceptors (Lipinski definition) is 2. The lowest BCUT2D eigenvalue weighted by atomic mass is 9.76. The second-order valence-electron chi connectivity index (χ2n) is 3.79. The topological polar surface area (TPSA) is 37.3 Å². The Morgan fingerprint density at radius 2 is 2.08 bits per heavy atom. The van der Waals surface area contributed by atoms with Gasteiger partial charge >= 0.3 is 0 Å². The fourth-order valence-electron chi connectivity index (χ4n) is 1.68. The van der Waals surface area contributed by atoms with Gasteiger partial charge in [-0.2, -0.15) is 0 Å². The molecule has 0 radical (unpaired) electrons. The molecular formula is C10H16O2. The summed E-state index contributed by atoms with van der Waals surface area (Å²) in [5.41, 5.74) is 0.131. The summed E-state index contributed by atoms with van der Waals surface area (Å²) in [4.78, 5) is 10.4. The lowest BCUT2D eigenvalue weighted by Gasteiger charge is -2.34. The molecule has 1 rings (SSSR count). The van der Waals surface area contributed by atoms with Gasteiger partial charge in [0.05, 0.1) is 5.60 Å². The highest BCUT2D eigenvalue weighted by Gasteiger charge is 2.33. The fraction of sp³-hybridized carbons (Fsp3) is 0.700. The monoisotopic (exact) mass is 168 g/mol. The van der Waals surface area contributed by atoms with E-state index in [1.807, 2.05) is 6.92 Å². The predicted molar refractivity (Wildman–Crippen MR) is 47.8 cm³/mol. The van der Waals surface area contributed by atoms with E-state index in [4.69, 9.17) is 0 Å². The van der Waals surface area contributed by atoms with Gasteiger partial charge in [0, 0.05) is 5.92 Å². The Morgan fingerprint density at radius 1 is 1.58 bits per heavy atom. The average Bonchev–Trinajstić information content (AvgIpc) is 2.06. The van der Waals surface area contributed by atoms with Gasteiger partial charge in [0.2, 0.25) is 0 Å². The van der Waals surface area contributed by atoms with Gasteiger partial charge < -0.3 is 9.90 Å². The molecule has 1 aliphatic carbocycles. The van der Waals surface area contributed by atoms with Crippen LogP contribution in [0, 0.1) is 5.92 Å². The summed E-state index contributed by atoms with van der Waals surface area (Å²) >= 11 is 0. The first-order valence-electron chi connectivity index (χ1n) is 4.42. The first-order chi connectivity index (χ1) is 5.58. The van der Waals surface area contributed by atoms with E-state index in [0.717, 1.165) is 24.7 Å². The molecule has 1 N–H and O–H groups in total. The average molecular weight is 168 g/mol. The van der Waals surface area contributed by atoms with Crippen LogP contribution in [0.2, 0.25) is 0 Å². The van der Waals surface area contributed by atoms with Crippen molar-refractivity contribution >= 4 is 6.29 Å². The fourth-order valence-corrected chi connectivity index (χ4v) is 1.68. The van der Waals surface area contributed by atoms with Crippen LogP contribution in [-0.2, 0) is 4.79 Å². The molecule has 2 heteroatoms. The van der Waals surface area contributed by atoms with Crippen molar-refractivity contribution in [3.8, 4) is 0 Å². The summed E-state index contributed by atoms with van der Waals surface area (Å²) in [6.07, 6.45) is 3.97. The van der Waals surface area contributed by atoms with E-state index in [1.165, 1.54) is 0 Å². The van der Waals surface area contributed by atoms with Gasteiger partial charge in [-0.15, -0.1) is 0 Å². The van der Waals surface area contributed by atoms with E-state index in [1.54, 1.807) is 0 Å². The molecule has 0 aromatic rings. The lowest BCUT2D eigenvalue weighted by Crippen LogP contribution is -2.35. The maximum atomic E-state index is 10.4. The van der Waals surface area contributed by atoms with E-state index >= 15 is 0 Å². The molecule has 0 unspecified atom stereocenters. The van der Waals surface area contributed by atoms with Crippen LogP contribution in [0.1, 0.15) is 32.6 Å². The van der Waals surface area contributed by atoms with Crippen LogP contribution >= 0.6 is 0 Å². The molecule has 0 atom stereocenters. The van der Waals surface area contributed by atoms with E-state index in [2.05, 4.69) is 6.58 Å².